The van der Waals surface area contributed by atoms with Crippen LogP contribution in [0, 0.1) is 6.92 Å². The quantitative estimate of drug-likeness (QED) is 0.759. The molecular formula is C19H17N7. The van der Waals surface area contributed by atoms with Crippen molar-refractivity contribution >= 4 is 18.0 Å². The van der Waals surface area contributed by atoms with E-state index in [1.165, 1.54) is 6.34 Å². The van der Waals surface area contributed by atoms with Crippen LogP contribution in [0.15, 0.2) is 70.1 Å². The van der Waals surface area contributed by atoms with E-state index >= 15 is 0 Å². The molecule has 4 rings (SSSR count). The van der Waals surface area contributed by atoms with Crippen molar-refractivity contribution in [3.63, 3.8) is 0 Å². The molecule has 1 aromatic carbocycles. The lowest BCUT2D eigenvalue weighted by molar-refractivity contribution is 0.572. The van der Waals surface area contributed by atoms with Crippen molar-refractivity contribution in [1.29, 1.82) is 0 Å². The molecule has 0 saturated carbocycles. The van der Waals surface area contributed by atoms with Crippen molar-refractivity contribution < 1.29 is 0 Å². The second-order valence-corrected chi connectivity index (χ2v) is 6.13. The molecule has 0 aliphatic carbocycles. The molecule has 1 atom stereocenters. The maximum absolute atomic E-state index is 6.20. The molecule has 0 bridgehead atoms. The van der Waals surface area contributed by atoms with Crippen molar-refractivity contribution in [3.05, 3.63) is 71.5 Å². The summed E-state index contributed by atoms with van der Waals surface area (Å²) >= 11 is 0. The summed E-state index contributed by atoms with van der Waals surface area (Å²) in [7, 11) is 0. The molecule has 4 N–H and O–H groups in total. The first-order chi connectivity index (χ1) is 12.6. The second kappa shape index (κ2) is 6.03. The summed E-state index contributed by atoms with van der Waals surface area (Å²) in [5, 5.41) is 8.38. The van der Waals surface area contributed by atoms with Crippen LogP contribution in [-0.2, 0) is 5.66 Å². The molecule has 128 valence electrons. The number of hydrogen-bond acceptors (Lipinski definition) is 7. The van der Waals surface area contributed by atoms with Crippen LogP contribution in [0.4, 0.5) is 11.6 Å². The fraction of sp³-hybridized carbons (Fsp3) is 0.105. The van der Waals surface area contributed by atoms with E-state index in [2.05, 4.69) is 25.2 Å². The number of azo groups is 1. The number of aliphatic imine (C=N–C) groups is 1. The van der Waals surface area contributed by atoms with Crippen LogP contribution in [0.1, 0.15) is 16.7 Å². The monoisotopic (exact) mass is 343 g/mol. The van der Waals surface area contributed by atoms with Crippen molar-refractivity contribution in [1.82, 2.24) is 9.97 Å². The topological polar surface area (TPSA) is 115 Å². The van der Waals surface area contributed by atoms with E-state index < -0.39 is 5.66 Å². The van der Waals surface area contributed by atoms with Gasteiger partial charge in [0.1, 0.15) is 18.0 Å². The van der Waals surface area contributed by atoms with E-state index in [1.54, 1.807) is 18.5 Å². The van der Waals surface area contributed by atoms with E-state index in [9.17, 15) is 0 Å². The summed E-state index contributed by atoms with van der Waals surface area (Å²) in [6.45, 7) is 2.03. The van der Waals surface area contributed by atoms with Crippen molar-refractivity contribution in [3.8, 4) is 11.1 Å². The number of nitrogens with two attached hydrogens (primary N) is 2. The van der Waals surface area contributed by atoms with Gasteiger partial charge in [0.2, 0.25) is 5.66 Å². The molecule has 1 aliphatic heterocycles. The molecule has 0 radical (unpaired) electrons. The van der Waals surface area contributed by atoms with E-state index in [0.29, 0.717) is 17.2 Å². The highest BCUT2D eigenvalue weighted by Crippen LogP contribution is 2.41. The van der Waals surface area contributed by atoms with Gasteiger partial charge in [-0.2, -0.15) is 0 Å². The highest BCUT2D eigenvalue weighted by atomic mass is 15.3. The number of rotatable bonds is 3. The molecule has 26 heavy (non-hydrogen) atoms. The Kier molecular flexibility index (Phi) is 3.69. The Labute approximate surface area is 150 Å². The molecule has 7 heteroatoms. The lowest BCUT2D eigenvalue weighted by Crippen LogP contribution is -2.23. The van der Waals surface area contributed by atoms with Gasteiger partial charge in [-0.1, -0.05) is 29.8 Å². The predicted molar refractivity (Wildman–Crippen MR) is 102 cm³/mol. The van der Waals surface area contributed by atoms with Crippen LogP contribution in [0.25, 0.3) is 11.1 Å². The number of aryl methyl sites for hydroxylation is 1. The summed E-state index contributed by atoms with van der Waals surface area (Å²) in [4.78, 5) is 13.0. The normalized spacial score (nSPS) is 18.3. The van der Waals surface area contributed by atoms with Gasteiger partial charge in [0, 0.05) is 29.1 Å². The van der Waals surface area contributed by atoms with Gasteiger partial charge in [0.05, 0.1) is 5.56 Å². The van der Waals surface area contributed by atoms with E-state index in [4.69, 9.17) is 11.5 Å². The van der Waals surface area contributed by atoms with Gasteiger partial charge in [-0.3, -0.25) is 0 Å². The average molecular weight is 343 g/mol. The van der Waals surface area contributed by atoms with E-state index in [0.717, 1.165) is 22.3 Å². The van der Waals surface area contributed by atoms with Gasteiger partial charge < -0.3 is 11.5 Å². The Morgan fingerprint density at radius 3 is 2.31 bits per heavy atom. The van der Waals surface area contributed by atoms with Crippen molar-refractivity contribution in [2.75, 3.05) is 11.5 Å². The minimum absolute atomic E-state index is 0.357. The summed E-state index contributed by atoms with van der Waals surface area (Å²) in [6.07, 6.45) is 4.84. The Hall–Kier alpha value is -3.61. The number of anilines is 2. The zero-order valence-electron chi connectivity index (χ0n) is 14.2. The van der Waals surface area contributed by atoms with Crippen molar-refractivity contribution in [2.24, 2.45) is 15.2 Å². The predicted octanol–water partition coefficient (Wildman–Crippen LogP) is 3.31. The Balaban J connectivity index is 1.88. The van der Waals surface area contributed by atoms with Gasteiger partial charge in [0.25, 0.3) is 0 Å². The Morgan fingerprint density at radius 2 is 1.65 bits per heavy atom. The van der Waals surface area contributed by atoms with Crippen LogP contribution < -0.4 is 11.5 Å². The average Bonchev–Trinajstić information content (AvgIpc) is 3.14. The number of nitrogen functional groups attached to an aromatic ring is 2. The third-order valence-corrected chi connectivity index (χ3v) is 4.37. The van der Waals surface area contributed by atoms with Gasteiger partial charge in [-0.25, -0.2) is 15.0 Å². The van der Waals surface area contributed by atoms with Gasteiger partial charge >= 0.3 is 0 Å². The minimum atomic E-state index is -1.03. The molecule has 0 fully saturated rings. The van der Waals surface area contributed by atoms with E-state index in [1.807, 2.05) is 43.3 Å². The van der Waals surface area contributed by atoms with Gasteiger partial charge in [-0.05, 0) is 25.1 Å². The standard InChI is InChI=1S/C19H17N7/c1-12-2-5-15(6-3-12)19(24-11-25-26-19)16-8-14(10-23-18(16)21)13-4-7-17(20)22-9-13/h2-11H,1H3,(H2,20,22)(H2,21,23). The lowest BCUT2D eigenvalue weighted by atomic mass is 9.90. The number of pyridine rings is 2. The third-order valence-electron chi connectivity index (χ3n) is 4.37. The van der Waals surface area contributed by atoms with Gasteiger partial charge in [-0.15, -0.1) is 10.2 Å². The zero-order chi connectivity index (χ0) is 18.1. The van der Waals surface area contributed by atoms with Crippen molar-refractivity contribution in [2.45, 2.75) is 12.6 Å². The molecule has 0 spiro atoms. The molecular weight excluding hydrogens is 326 g/mol. The first-order valence-electron chi connectivity index (χ1n) is 8.09. The molecule has 3 heterocycles. The van der Waals surface area contributed by atoms with Crippen LogP contribution in [0.3, 0.4) is 0 Å². The van der Waals surface area contributed by atoms with E-state index in [-0.39, 0.29) is 0 Å². The lowest BCUT2D eigenvalue weighted by Gasteiger charge is -2.24. The molecule has 1 unspecified atom stereocenters. The zero-order valence-corrected chi connectivity index (χ0v) is 14.2. The van der Waals surface area contributed by atoms with Crippen LogP contribution in [-0.4, -0.2) is 16.3 Å². The Bertz CT molecular complexity index is 993. The SMILES string of the molecule is Cc1ccc(C2(c3cc(-c4ccc(N)nc4)cnc3N)N=CN=N2)cc1. The number of aromatic nitrogens is 2. The fourth-order valence-corrected chi connectivity index (χ4v) is 2.93. The molecule has 1 aliphatic rings. The minimum Gasteiger partial charge on any atom is -0.384 e. The largest absolute Gasteiger partial charge is 0.384 e. The number of benzene rings is 1. The highest BCUT2D eigenvalue weighted by molar-refractivity contribution is 5.69. The smallest absolute Gasteiger partial charge is 0.226 e. The molecule has 7 nitrogen and oxygen atoms in total. The van der Waals surface area contributed by atoms with Gasteiger partial charge in [0.15, 0.2) is 0 Å². The van der Waals surface area contributed by atoms with Crippen LogP contribution >= 0.6 is 0 Å². The first kappa shape index (κ1) is 15.9. The third kappa shape index (κ3) is 2.59. The Morgan fingerprint density at radius 1 is 0.885 bits per heavy atom. The summed E-state index contributed by atoms with van der Waals surface area (Å²) in [5.41, 5.74) is 15.3. The molecule has 3 aromatic rings. The maximum Gasteiger partial charge on any atom is 0.226 e. The molecule has 2 aromatic heterocycles. The number of nitrogens with zero attached hydrogens (tertiary/aromatic N) is 5. The molecule has 0 saturated heterocycles. The summed E-state index contributed by atoms with van der Waals surface area (Å²) in [6, 6.07) is 13.5. The number of hydrogen-bond donors (Lipinski definition) is 2. The van der Waals surface area contributed by atoms with Crippen LogP contribution in [0.5, 0.6) is 0 Å². The fourth-order valence-electron chi connectivity index (χ4n) is 2.93. The summed E-state index contributed by atoms with van der Waals surface area (Å²) < 4.78 is 0. The second-order valence-electron chi connectivity index (χ2n) is 6.13. The summed E-state index contributed by atoms with van der Waals surface area (Å²) in [5.74, 6) is 0.818. The van der Waals surface area contributed by atoms with Crippen LogP contribution in [0.2, 0.25) is 0 Å². The first-order valence-corrected chi connectivity index (χ1v) is 8.09. The molecule has 0 amide bonds. The highest BCUT2D eigenvalue weighted by Gasteiger charge is 2.38. The maximum atomic E-state index is 6.20.